The molecule has 0 aliphatic carbocycles. The van der Waals surface area contributed by atoms with E-state index in [9.17, 15) is 0 Å². The van der Waals surface area contributed by atoms with Gasteiger partial charge in [0.15, 0.2) is 0 Å². The lowest BCUT2D eigenvalue weighted by molar-refractivity contribution is 0.563. The van der Waals surface area contributed by atoms with Crippen molar-refractivity contribution >= 4 is 12.4 Å². The van der Waals surface area contributed by atoms with E-state index in [1.54, 1.807) is 12.5 Å². The summed E-state index contributed by atoms with van der Waals surface area (Å²) in [6.45, 7) is 0.755. The summed E-state index contributed by atoms with van der Waals surface area (Å²) < 4.78 is 4.87. The fraction of sp³-hybridized carbons (Fsp3) is 0.429. The van der Waals surface area contributed by atoms with Crippen LogP contribution in [-0.4, -0.2) is 6.54 Å². The van der Waals surface area contributed by atoms with Gasteiger partial charge in [-0.1, -0.05) is 0 Å². The molecule has 0 fully saturated rings. The molecule has 58 valence electrons. The van der Waals surface area contributed by atoms with Gasteiger partial charge in [0.1, 0.15) is 0 Å². The minimum absolute atomic E-state index is 0. The molecule has 0 spiro atoms. The van der Waals surface area contributed by atoms with Crippen molar-refractivity contribution in [3.63, 3.8) is 0 Å². The molecule has 0 radical (unpaired) electrons. The number of furan rings is 1. The third-order valence-electron chi connectivity index (χ3n) is 1.25. The van der Waals surface area contributed by atoms with Crippen LogP contribution in [0.5, 0.6) is 0 Å². The maximum atomic E-state index is 5.31. The highest BCUT2D eigenvalue weighted by atomic mass is 35.5. The average molecular weight is 162 g/mol. The number of hydrogen-bond donors (Lipinski definition) is 1. The second-order valence-corrected chi connectivity index (χ2v) is 2.02. The van der Waals surface area contributed by atoms with Gasteiger partial charge in [-0.3, -0.25) is 0 Å². The normalized spacial score (nSPS) is 8.90. The average Bonchev–Trinajstić information content (AvgIpc) is 2.34. The first-order valence-electron chi connectivity index (χ1n) is 3.14. The van der Waals surface area contributed by atoms with Crippen LogP contribution >= 0.6 is 12.4 Å². The molecule has 1 aromatic rings. The molecule has 0 atom stereocenters. The zero-order valence-corrected chi connectivity index (χ0v) is 6.56. The first kappa shape index (κ1) is 9.53. The van der Waals surface area contributed by atoms with Crippen LogP contribution in [0.25, 0.3) is 0 Å². The van der Waals surface area contributed by atoms with Crippen molar-refractivity contribution in [2.75, 3.05) is 6.54 Å². The first-order chi connectivity index (χ1) is 4.43. The second kappa shape index (κ2) is 5.33. The molecule has 0 amide bonds. The molecule has 0 bridgehead atoms. The predicted molar refractivity (Wildman–Crippen MR) is 43.3 cm³/mol. The summed E-state index contributed by atoms with van der Waals surface area (Å²) >= 11 is 0. The molecule has 2 nitrogen and oxygen atoms in total. The van der Waals surface area contributed by atoms with Crippen LogP contribution in [0.4, 0.5) is 0 Å². The third-order valence-corrected chi connectivity index (χ3v) is 1.25. The van der Waals surface area contributed by atoms with Crippen molar-refractivity contribution in [3.05, 3.63) is 24.2 Å². The summed E-state index contributed by atoms with van der Waals surface area (Å²) in [7, 11) is 0. The van der Waals surface area contributed by atoms with Crippen LogP contribution in [0.2, 0.25) is 0 Å². The predicted octanol–water partition coefficient (Wildman–Crippen LogP) is 1.59. The van der Waals surface area contributed by atoms with Gasteiger partial charge in [-0.25, -0.2) is 0 Å². The van der Waals surface area contributed by atoms with Crippen molar-refractivity contribution < 1.29 is 4.42 Å². The van der Waals surface area contributed by atoms with Gasteiger partial charge in [-0.15, -0.1) is 12.4 Å². The molecule has 2 N–H and O–H groups in total. The van der Waals surface area contributed by atoms with E-state index in [0.29, 0.717) is 0 Å². The van der Waals surface area contributed by atoms with Gasteiger partial charge >= 0.3 is 0 Å². The molecule has 1 aromatic heterocycles. The standard InChI is InChI=1S/C7H11NO.ClH/c8-4-1-2-7-3-5-9-6-7;/h3,5-6H,1-2,4,8H2;1H. The topological polar surface area (TPSA) is 39.2 Å². The van der Waals surface area contributed by atoms with Gasteiger partial charge < -0.3 is 10.2 Å². The Morgan fingerprint density at radius 1 is 1.50 bits per heavy atom. The van der Waals surface area contributed by atoms with Crippen LogP contribution in [0.3, 0.4) is 0 Å². The SMILES string of the molecule is Cl.NCCCc1ccoc1. The molecule has 0 unspecified atom stereocenters. The van der Waals surface area contributed by atoms with Crippen LogP contribution in [0, 0.1) is 0 Å². The molecule has 0 aliphatic rings. The highest BCUT2D eigenvalue weighted by molar-refractivity contribution is 5.85. The number of nitrogens with two attached hydrogens (primary N) is 1. The lowest BCUT2D eigenvalue weighted by Crippen LogP contribution is -1.99. The van der Waals surface area contributed by atoms with E-state index < -0.39 is 0 Å². The molecule has 1 heterocycles. The van der Waals surface area contributed by atoms with Crippen LogP contribution in [-0.2, 0) is 6.42 Å². The lowest BCUT2D eigenvalue weighted by atomic mass is 10.2. The molecule has 0 aliphatic heterocycles. The molecule has 0 aromatic carbocycles. The molecular weight excluding hydrogens is 150 g/mol. The Balaban J connectivity index is 0.000000810. The number of halogens is 1. The van der Waals surface area contributed by atoms with E-state index in [1.165, 1.54) is 5.56 Å². The summed E-state index contributed by atoms with van der Waals surface area (Å²) in [5.74, 6) is 0. The Kier molecular flexibility index (Phi) is 5.08. The van der Waals surface area contributed by atoms with Crippen molar-refractivity contribution in [2.45, 2.75) is 12.8 Å². The maximum Gasteiger partial charge on any atom is 0.0934 e. The zero-order valence-electron chi connectivity index (χ0n) is 5.75. The van der Waals surface area contributed by atoms with Crippen molar-refractivity contribution in [2.24, 2.45) is 5.73 Å². The van der Waals surface area contributed by atoms with E-state index in [-0.39, 0.29) is 12.4 Å². The quantitative estimate of drug-likeness (QED) is 0.732. The van der Waals surface area contributed by atoms with Gasteiger partial charge in [-0.05, 0) is 31.0 Å². The number of hydrogen-bond acceptors (Lipinski definition) is 2. The Morgan fingerprint density at radius 3 is 2.80 bits per heavy atom. The van der Waals surface area contributed by atoms with Gasteiger partial charge in [0.25, 0.3) is 0 Å². The third kappa shape index (κ3) is 2.90. The Labute approximate surface area is 66.8 Å². The molecule has 10 heavy (non-hydrogen) atoms. The van der Waals surface area contributed by atoms with E-state index in [4.69, 9.17) is 10.2 Å². The Bertz CT molecular complexity index is 151. The summed E-state index contributed by atoms with van der Waals surface area (Å²) in [4.78, 5) is 0. The fourth-order valence-corrected chi connectivity index (χ4v) is 0.741. The summed E-state index contributed by atoms with van der Waals surface area (Å²) in [5.41, 5.74) is 6.55. The van der Waals surface area contributed by atoms with Crippen LogP contribution < -0.4 is 5.73 Å². The summed E-state index contributed by atoms with van der Waals surface area (Å²) in [5, 5.41) is 0. The van der Waals surface area contributed by atoms with Crippen molar-refractivity contribution in [1.29, 1.82) is 0 Å². The summed E-state index contributed by atoms with van der Waals surface area (Å²) in [6, 6.07) is 1.97. The Hall–Kier alpha value is -0.470. The van der Waals surface area contributed by atoms with E-state index in [0.717, 1.165) is 19.4 Å². The first-order valence-corrected chi connectivity index (χ1v) is 3.14. The van der Waals surface area contributed by atoms with Gasteiger partial charge in [0.2, 0.25) is 0 Å². The lowest BCUT2D eigenvalue weighted by Gasteiger charge is -1.89. The van der Waals surface area contributed by atoms with E-state index >= 15 is 0 Å². The highest BCUT2D eigenvalue weighted by Crippen LogP contribution is 2.01. The maximum absolute atomic E-state index is 5.31. The fourth-order valence-electron chi connectivity index (χ4n) is 0.741. The van der Waals surface area contributed by atoms with E-state index in [1.807, 2.05) is 6.07 Å². The number of aryl methyl sites for hydroxylation is 1. The molecule has 0 saturated heterocycles. The van der Waals surface area contributed by atoms with Crippen LogP contribution in [0.15, 0.2) is 23.0 Å². The smallest absolute Gasteiger partial charge is 0.0934 e. The monoisotopic (exact) mass is 161 g/mol. The minimum atomic E-state index is 0. The van der Waals surface area contributed by atoms with E-state index in [2.05, 4.69) is 0 Å². The summed E-state index contributed by atoms with van der Waals surface area (Å²) in [6.07, 6.45) is 5.52. The highest BCUT2D eigenvalue weighted by Gasteiger charge is 1.90. The molecule has 1 rings (SSSR count). The molecular formula is C7H12ClNO. The van der Waals surface area contributed by atoms with Crippen molar-refractivity contribution in [3.8, 4) is 0 Å². The van der Waals surface area contributed by atoms with Gasteiger partial charge in [0.05, 0.1) is 12.5 Å². The van der Waals surface area contributed by atoms with Crippen molar-refractivity contribution in [1.82, 2.24) is 0 Å². The second-order valence-electron chi connectivity index (χ2n) is 2.02. The molecule has 3 heteroatoms. The molecule has 0 saturated carbocycles. The number of rotatable bonds is 3. The van der Waals surface area contributed by atoms with Gasteiger partial charge in [0, 0.05) is 0 Å². The Morgan fingerprint density at radius 2 is 2.30 bits per heavy atom. The van der Waals surface area contributed by atoms with Gasteiger partial charge in [-0.2, -0.15) is 0 Å². The largest absolute Gasteiger partial charge is 0.472 e. The zero-order chi connectivity index (χ0) is 6.53. The van der Waals surface area contributed by atoms with Crippen LogP contribution in [0.1, 0.15) is 12.0 Å². The minimum Gasteiger partial charge on any atom is -0.472 e.